The summed E-state index contributed by atoms with van der Waals surface area (Å²) in [7, 11) is 1.61. The molecule has 0 aliphatic carbocycles. The first kappa shape index (κ1) is 14.5. The van der Waals surface area contributed by atoms with Crippen molar-refractivity contribution in [2.24, 2.45) is 0 Å². The van der Waals surface area contributed by atoms with Crippen molar-refractivity contribution in [1.82, 2.24) is 4.90 Å². The number of rotatable bonds is 4. The summed E-state index contributed by atoms with van der Waals surface area (Å²) in [6.07, 6.45) is -4.35. The van der Waals surface area contributed by atoms with Gasteiger partial charge in [0.2, 0.25) is 0 Å². The number of carboxylic acid groups (broad SMARTS) is 1. The van der Waals surface area contributed by atoms with Crippen molar-refractivity contribution in [2.45, 2.75) is 25.7 Å². The molecule has 0 spiro atoms. The number of carboxylic acids is 1. The number of benzene rings is 1. The van der Waals surface area contributed by atoms with Crippen LogP contribution in [0.5, 0.6) is 0 Å². The summed E-state index contributed by atoms with van der Waals surface area (Å²) in [6.45, 7) is 1.80. The molecule has 0 bridgehead atoms. The van der Waals surface area contributed by atoms with Gasteiger partial charge in [-0.25, -0.2) is 0 Å². The van der Waals surface area contributed by atoms with E-state index in [9.17, 15) is 18.0 Å². The Morgan fingerprint density at radius 1 is 1.33 bits per heavy atom. The molecule has 0 radical (unpaired) electrons. The topological polar surface area (TPSA) is 40.5 Å². The molecule has 0 aliphatic rings. The number of likely N-dealkylation sites (N-methyl/N-ethyl adjacent to an activating group) is 1. The molecule has 6 heteroatoms. The first-order chi connectivity index (χ1) is 8.21. The molecular formula is C12H14F3NO2. The van der Waals surface area contributed by atoms with Crippen LogP contribution >= 0.6 is 0 Å². The number of hydrogen-bond acceptors (Lipinski definition) is 2. The van der Waals surface area contributed by atoms with Crippen molar-refractivity contribution in [2.75, 3.05) is 7.05 Å². The van der Waals surface area contributed by atoms with Crippen LogP contribution in [-0.4, -0.2) is 29.1 Å². The van der Waals surface area contributed by atoms with Crippen LogP contribution in [0.3, 0.4) is 0 Å². The van der Waals surface area contributed by atoms with Gasteiger partial charge in [-0.1, -0.05) is 12.1 Å². The molecule has 0 saturated carbocycles. The van der Waals surface area contributed by atoms with Crippen LogP contribution in [0.2, 0.25) is 0 Å². The van der Waals surface area contributed by atoms with E-state index < -0.39 is 23.8 Å². The minimum Gasteiger partial charge on any atom is -0.480 e. The van der Waals surface area contributed by atoms with E-state index in [0.29, 0.717) is 5.56 Å². The maximum Gasteiger partial charge on any atom is 0.416 e. The molecule has 100 valence electrons. The summed E-state index contributed by atoms with van der Waals surface area (Å²) in [6, 6.07) is 4.01. The Bertz CT molecular complexity index is 414. The van der Waals surface area contributed by atoms with Gasteiger partial charge in [0, 0.05) is 6.54 Å². The average Bonchev–Trinajstić information content (AvgIpc) is 2.27. The molecule has 0 unspecified atom stereocenters. The molecule has 0 amide bonds. The second-order valence-corrected chi connectivity index (χ2v) is 4.12. The third-order valence-corrected chi connectivity index (χ3v) is 2.73. The lowest BCUT2D eigenvalue weighted by Gasteiger charge is -2.21. The highest BCUT2D eigenvalue weighted by atomic mass is 19.4. The van der Waals surface area contributed by atoms with Crippen molar-refractivity contribution in [3.05, 3.63) is 35.4 Å². The van der Waals surface area contributed by atoms with Gasteiger partial charge >= 0.3 is 12.1 Å². The number of nitrogens with zero attached hydrogens (tertiary/aromatic N) is 1. The van der Waals surface area contributed by atoms with Crippen LogP contribution in [-0.2, 0) is 17.5 Å². The zero-order valence-electron chi connectivity index (χ0n) is 10.0. The van der Waals surface area contributed by atoms with E-state index >= 15 is 0 Å². The molecule has 1 aromatic carbocycles. The van der Waals surface area contributed by atoms with Crippen molar-refractivity contribution in [3.8, 4) is 0 Å². The van der Waals surface area contributed by atoms with Crippen molar-refractivity contribution < 1.29 is 23.1 Å². The summed E-state index contributed by atoms with van der Waals surface area (Å²) in [5.74, 6) is -0.968. The van der Waals surface area contributed by atoms with E-state index in [1.54, 1.807) is 11.9 Å². The molecule has 3 nitrogen and oxygen atoms in total. The predicted molar refractivity (Wildman–Crippen MR) is 60.0 cm³/mol. The van der Waals surface area contributed by atoms with E-state index in [2.05, 4.69) is 0 Å². The SMILES string of the molecule is C[C@H](C(=O)O)N(C)Cc1ccc(C(F)(F)F)cc1. The quantitative estimate of drug-likeness (QED) is 0.905. The normalized spacial score (nSPS) is 13.7. The lowest BCUT2D eigenvalue weighted by molar-refractivity contribution is -0.142. The first-order valence-electron chi connectivity index (χ1n) is 5.31. The molecule has 18 heavy (non-hydrogen) atoms. The Labute approximate surface area is 103 Å². The van der Waals surface area contributed by atoms with Crippen LogP contribution in [0.1, 0.15) is 18.1 Å². The fourth-order valence-corrected chi connectivity index (χ4v) is 1.41. The van der Waals surface area contributed by atoms with E-state index in [1.165, 1.54) is 19.1 Å². The second-order valence-electron chi connectivity index (χ2n) is 4.12. The smallest absolute Gasteiger partial charge is 0.416 e. The lowest BCUT2D eigenvalue weighted by atomic mass is 10.1. The largest absolute Gasteiger partial charge is 0.480 e. The third-order valence-electron chi connectivity index (χ3n) is 2.73. The van der Waals surface area contributed by atoms with Crippen molar-refractivity contribution in [1.29, 1.82) is 0 Å². The molecular weight excluding hydrogens is 247 g/mol. The fraction of sp³-hybridized carbons (Fsp3) is 0.417. The number of halogens is 3. The van der Waals surface area contributed by atoms with Gasteiger partial charge in [-0.15, -0.1) is 0 Å². The van der Waals surface area contributed by atoms with Crippen LogP contribution in [0, 0.1) is 0 Å². The molecule has 0 aliphatic heterocycles. The Kier molecular flexibility index (Phi) is 4.34. The average molecular weight is 261 g/mol. The van der Waals surface area contributed by atoms with E-state index in [4.69, 9.17) is 5.11 Å². The Morgan fingerprint density at radius 3 is 2.22 bits per heavy atom. The monoisotopic (exact) mass is 261 g/mol. The molecule has 0 fully saturated rings. The van der Waals surface area contributed by atoms with Gasteiger partial charge in [-0.3, -0.25) is 9.69 Å². The van der Waals surface area contributed by atoms with E-state index in [-0.39, 0.29) is 6.54 Å². The number of alkyl halides is 3. The highest BCUT2D eigenvalue weighted by Crippen LogP contribution is 2.29. The second kappa shape index (κ2) is 5.39. The standard InChI is InChI=1S/C12H14F3NO2/c1-8(11(17)18)16(2)7-9-3-5-10(6-4-9)12(13,14)15/h3-6,8H,7H2,1-2H3,(H,17,18)/t8-/m1/s1. The highest BCUT2D eigenvalue weighted by Gasteiger charge is 2.30. The van der Waals surface area contributed by atoms with E-state index in [0.717, 1.165) is 12.1 Å². The molecule has 0 saturated heterocycles. The molecule has 0 heterocycles. The molecule has 1 aromatic rings. The highest BCUT2D eigenvalue weighted by molar-refractivity contribution is 5.72. The molecule has 1 rings (SSSR count). The molecule has 1 atom stereocenters. The minimum atomic E-state index is -4.35. The van der Waals surface area contributed by atoms with Gasteiger partial charge in [0.15, 0.2) is 0 Å². The summed E-state index contributed by atoms with van der Waals surface area (Å²) < 4.78 is 37.0. The fourth-order valence-electron chi connectivity index (χ4n) is 1.41. The molecule has 0 aromatic heterocycles. The van der Waals surface area contributed by atoms with Crippen molar-refractivity contribution >= 4 is 5.97 Å². The molecule has 1 N–H and O–H groups in total. The lowest BCUT2D eigenvalue weighted by Crippen LogP contribution is -2.35. The summed E-state index contributed by atoms with van der Waals surface area (Å²) in [5, 5.41) is 8.79. The minimum absolute atomic E-state index is 0.283. The van der Waals surface area contributed by atoms with Gasteiger partial charge in [-0.05, 0) is 31.7 Å². The van der Waals surface area contributed by atoms with Crippen LogP contribution in [0.15, 0.2) is 24.3 Å². The predicted octanol–water partition coefficient (Wildman–Crippen LogP) is 2.61. The Morgan fingerprint density at radius 2 is 1.83 bits per heavy atom. The van der Waals surface area contributed by atoms with Crippen molar-refractivity contribution in [3.63, 3.8) is 0 Å². The maximum absolute atomic E-state index is 12.3. The maximum atomic E-state index is 12.3. The van der Waals surface area contributed by atoms with Gasteiger partial charge in [-0.2, -0.15) is 13.2 Å². The number of hydrogen-bond donors (Lipinski definition) is 1. The number of carbonyl (C=O) groups is 1. The van der Waals surface area contributed by atoms with Gasteiger partial charge in [0.25, 0.3) is 0 Å². The van der Waals surface area contributed by atoms with Gasteiger partial charge in [0.1, 0.15) is 6.04 Å². The number of aliphatic carboxylic acids is 1. The van der Waals surface area contributed by atoms with Crippen LogP contribution < -0.4 is 0 Å². The third kappa shape index (κ3) is 3.73. The first-order valence-corrected chi connectivity index (χ1v) is 5.31. The summed E-state index contributed by atoms with van der Waals surface area (Å²) >= 11 is 0. The van der Waals surface area contributed by atoms with Crippen LogP contribution in [0.4, 0.5) is 13.2 Å². The summed E-state index contributed by atoms with van der Waals surface area (Å²) in [4.78, 5) is 12.3. The summed E-state index contributed by atoms with van der Waals surface area (Å²) in [5.41, 5.74) is -0.0706. The zero-order valence-corrected chi connectivity index (χ0v) is 10.0. The Hall–Kier alpha value is -1.56. The van der Waals surface area contributed by atoms with Gasteiger partial charge in [0.05, 0.1) is 5.56 Å². The zero-order chi connectivity index (χ0) is 13.9. The van der Waals surface area contributed by atoms with Gasteiger partial charge < -0.3 is 5.11 Å². The Balaban J connectivity index is 2.73. The van der Waals surface area contributed by atoms with Crippen LogP contribution in [0.25, 0.3) is 0 Å². The van der Waals surface area contributed by atoms with E-state index in [1.807, 2.05) is 0 Å².